The van der Waals surface area contributed by atoms with E-state index in [9.17, 15) is 9.90 Å². The summed E-state index contributed by atoms with van der Waals surface area (Å²) in [6, 6.07) is 13.0. The maximum absolute atomic E-state index is 15.4. The van der Waals surface area contributed by atoms with Gasteiger partial charge in [0, 0.05) is 17.1 Å². The molecule has 36 heavy (non-hydrogen) atoms. The first-order valence-electron chi connectivity index (χ1n) is 12.0. The first-order valence-corrected chi connectivity index (χ1v) is 12.4. The molecule has 1 amide bonds. The Hall–Kier alpha value is -2.94. The summed E-state index contributed by atoms with van der Waals surface area (Å²) < 4.78 is 41.8. The van der Waals surface area contributed by atoms with Gasteiger partial charge in [-0.25, -0.2) is 0 Å². The highest BCUT2D eigenvalue weighted by Crippen LogP contribution is 2.35. The van der Waals surface area contributed by atoms with Crippen LogP contribution < -0.4 is 14.8 Å². The molecule has 0 aromatic heterocycles. The number of nitrogens with zero attached hydrogens (tertiary/aromatic N) is 1. The van der Waals surface area contributed by atoms with E-state index in [1.807, 2.05) is 0 Å². The fourth-order valence-corrected chi connectivity index (χ4v) is 4.93. The van der Waals surface area contributed by atoms with Crippen LogP contribution in [-0.4, -0.2) is 54.8 Å². The van der Waals surface area contributed by atoms with Gasteiger partial charge in [-0.2, -0.15) is 8.78 Å². The Morgan fingerprint density at radius 1 is 1.00 bits per heavy atom. The molecule has 0 aliphatic carbocycles. The van der Waals surface area contributed by atoms with Crippen molar-refractivity contribution in [2.75, 3.05) is 32.8 Å². The minimum absolute atomic E-state index is 0.244. The molecule has 0 radical (unpaired) electrons. The number of benzene rings is 3. The van der Waals surface area contributed by atoms with Crippen molar-refractivity contribution in [2.24, 2.45) is 0 Å². The SMILES string of the molecule is O=C(N[C@H](CN1CCCC1)[C@H](O)c1ccc2c(c1)OCCO2)C(F)(F)c1ccc2cc(Cl)ccc2c1. The Morgan fingerprint density at radius 2 is 1.69 bits per heavy atom. The summed E-state index contributed by atoms with van der Waals surface area (Å²) in [5.74, 6) is -4.23. The number of amides is 1. The van der Waals surface area contributed by atoms with Crippen molar-refractivity contribution in [1.82, 2.24) is 10.2 Å². The lowest BCUT2D eigenvalue weighted by atomic mass is 9.99. The van der Waals surface area contributed by atoms with Crippen molar-refractivity contribution in [3.05, 3.63) is 70.7 Å². The summed E-state index contributed by atoms with van der Waals surface area (Å²) in [4.78, 5) is 15.0. The third-order valence-corrected chi connectivity index (χ3v) is 6.94. The topological polar surface area (TPSA) is 71.0 Å². The number of carbonyl (C=O) groups is 1. The number of hydrogen-bond donors (Lipinski definition) is 2. The number of rotatable bonds is 7. The van der Waals surface area contributed by atoms with Crippen LogP contribution in [0.25, 0.3) is 10.8 Å². The van der Waals surface area contributed by atoms with E-state index in [1.54, 1.807) is 36.4 Å². The zero-order chi connectivity index (χ0) is 25.3. The molecule has 1 saturated heterocycles. The van der Waals surface area contributed by atoms with Gasteiger partial charge in [-0.15, -0.1) is 0 Å². The van der Waals surface area contributed by atoms with E-state index in [-0.39, 0.29) is 6.54 Å². The van der Waals surface area contributed by atoms with E-state index in [4.69, 9.17) is 21.1 Å². The molecule has 0 unspecified atom stereocenters. The highest BCUT2D eigenvalue weighted by molar-refractivity contribution is 6.31. The van der Waals surface area contributed by atoms with E-state index in [0.29, 0.717) is 46.1 Å². The van der Waals surface area contributed by atoms with E-state index < -0.39 is 29.5 Å². The highest BCUT2D eigenvalue weighted by Gasteiger charge is 2.43. The standard InChI is InChI=1S/C27H27ClF2N2O4/c28-21-7-4-17-13-20(6-3-18(17)14-21)27(29,30)26(34)31-22(16-32-9-1-2-10-32)25(33)19-5-8-23-24(15-19)36-12-11-35-23/h3-8,13-15,22,25,33H,1-2,9-12,16H2,(H,31,34)/t22-,25-/m1/s1. The van der Waals surface area contributed by atoms with E-state index in [2.05, 4.69) is 10.2 Å². The van der Waals surface area contributed by atoms with Crippen LogP contribution in [0.5, 0.6) is 11.5 Å². The molecule has 9 heteroatoms. The molecule has 6 nitrogen and oxygen atoms in total. The van der Waals surface area contributed by atoms with Crippen molar-refractivity contribution in [1.29, 1.82) is 0 Å². The number of carbonyl (C=O) groups excluding carboxylic acids is 1. The van der Waals surface area contributed by atoms with E-state index in [1.165, 1.54) is 18.2 Å². The molecule has 2 aliphatic rings. The lowest BCUT2D eigenvalue weighted by Gasteiger charge is -2.30. The van der Waals surface area contributed by atoms with Gasteiger partial charge in [0.05, 0.1) is 6.04 Å². The van der Waals surface area contributed by atoms with Crippen LogP contribution in [0.2, 0.25) is 5.02 Å². The number of fused-ring (bicyclic) bond motifs is 2. The monoisotopic (exact) mass is 516 g/mol. The van der Waals surface area contributed by atoms with Crippen LogP contribution >= 0.6 is 11.6 Å². The largest absolute Gasteiger partial charge is 0.486 e. The summed E-state index contributed by atoms with van der Waals surface area (Å²) in [6.45, 7) is 2.62. The molecule has 5 rings (SSSR count). The van der Waals surface area contributed by atoms with Gasteiger partial charge in [0.1, 0.15) is 19.3 Å². The number of nitrogens with one attached hydrogen (secondary N) is 1. The Bertz CT molecular complexity index is 1270. The first kappa shape index (κ1) is 24.7. The molecule has 2 N–H and O–H groups in total. The molecule has 0 saturated carbocycles. The van der Waals surface area contributed by atoms with Crippen molar-refractivity contribution >= 4 is 28.3 Å². The first-order chi connectivity index (χ1) is 17.3. The van der Waals surface area contributed by atoms with Crippen molar-refractivity contribution in [3.8, 4) is 11.5 Å². The number of alkyl halides is 2. The Labute approximate surface area is 212 Å². The molecule has 2 aliphatic heterocycles. The number of likely N-dealkylation sites (tertiary alicyclic amines) is 1. The summed E-state index contributed by atoms with van der Waals surface area (Å²) in [6.07, 6.45) is 0.746. The highest BCUT2D eigenvalue weighted by atomic mass is 35.5. The molecular formula is C27H27ClF2N2O4. The minimum Gasteiger partial charge on any atom is -0.486 e. The van der Waals surface area contributed by atoms with Crippen molar-refractivity contribution < 1.29 is 28.2 Å². The molecule has 190 valence electrons. The van der Waals surface area contributed by atoms with Gasteiger partial charge < -0.3 is 24.8 Å². The molecular weight excluding hydrogens is 490 g/mol. The van der Waals surface area contributed by atoms with Gasteiger partial charge in [-0.1, -0.05) is 35.9 Å². The average Bonchev–Trinajstić information content (AvgIpc) is 3.40. The van der Waals surface area contributed by atoms with Crippen molar-refractivity contribution in [3.63, 3.8) is 0 Å². The third-order valence-electron chi connectivity index (χ3n) is 6.71. The molecule has 0 spiro atoms. The lowest BCUT2D eigenvalue weighted by Crippen LogP contribution is -2.50. The van der Waals surface area contributed by atoms with Gasteiger partial charge in [0.25, 0.3) is 5.91 Å². The smallest absolute Gasteiger partial charge is 0.349 e. The van der Waals surface area contributed by atoms with Crippen LogP contribution in [0.3, 0.4) is 0 Å². The number of halogens is 3. The predicted molar refractivity (Wildman–Crippen MR) is 133 cm³/mol. The third kappa shape index (κ3) is 5.12. The van der Waals surface area contributed by atoms with Gasteiger partial charge in [-0.05, 0) is 72.6 Å². The Balaban J connectivity index is 1.39. The summed E-state index contributed by atoms with van der Waals surface area (Å²) >= 11 is 5.99. The van der Waals surface area contributed by atoms with Gasteiger partial charge in [0.15, 0.2) is 11.5 Å². The second kappa shape index (κ2) is 10.2. The van der Waals surface area contributed by atoms with Crippen LogP contribution in [0.15, 0.2) is 54.6 Å². The zero-order valence-corrected chi connectivity index (χ0v) is 20.3. The number of aliphatic hydroxyl groups excluding tert-OH is 1. The number of hydrogen-bond acceptors (Lipinski definition) is 5. The predicted octanol–water partition coefficient (Wildman–Crippen LogP) is 4.67. The second-order valence-electron chi connectivity index (χ2n) is 9.22. The normalized spacial score (nSPS) is 17.7. The Morgan fingerprint density at radius 3 is 2.47 bits per heavy atom. The van der Waals surface area contributed by atoms with Crippen LogP contribution in [0.1, 0.15) is 30.1 Å². The maximum Gasteiger partial charge on any atom is 0.349 e. The Kier molecular flexibility index (Phi) is 7.01. The quantitative estimate of drug-likeness (QED) is 0.477. The van der Waals surface area contributed by atoms with Gasteiger partial charge in [-0.3, -0.25) is 4.79 Å². The fourth-order valence-electron chi connectivity index (χ4n) is 4.75. The number of ether oxygens (including phenoxy) is 2. The molecule has 1 fully saturated rings. The molecule has 2 heterocycles. The lowest BCUT2D eigenvalue weighted by molar-refractivity contribution is -0.149. The van der Waals surface area contributed by atoms with Crippen molar-refractivity contribution in [2.45, 2.75) is 30.9 Å². The second-order valence-corrected chi connectivity index (χ2v) is 9.65. The number of aliphatic hydroxyl groups is 1. The molecule has 3 aromatic carbocycles. The van der Waals surface area contributed by atoms with E-state index >= 15 is 8.78 Å². The van der Waals surface area contributed by atoms with Crippen LogP contribution in [0, 0.1) is 0 Å². The fraction of sp³-hybridized carbons (Fsp3) is 0.370. The van der Waals surface area contributed by atoms with Crippen LogP contribution in [-0.2, 0) is 10.7 Å². The van der Waals surface area contributed by atoms with Gasteiger partial charge >= 0.3 is 5.92 Å². The summed E-state index contributed by atoms with van der Waals surface area (Å²) in [5.41, 5.74) is 0.0261. The summed E-state index contributed by atoms with van der Waals surface area (Å²) in [5, 5.41) is 15.4. The summed E-state index contributed by atoms with van der Waals surface area (Å²) in [7, 11) is 0. The molecule has 2 atom stereocenters. The maximum atomic E-state index is 15.4. The van der Waals surface area contributed by atoms with Crippen LogP contribution in [0.4, 0.5) is 8.78 Å². The zero-order valence-electron chi connectivity index (χ0n) is 19.6. The molecule has 3 aromatic rings. The van der Waals surface area contributed by atoms with E-state index in [0.717, 1.165) is 25.9 Å². The average molecular weight is 517 g/mol. The minimum atomic E-state index is -3.80. The van der Waals surface area contributed by atoms with Gasteiger partial charge in [0.2, 0.25) is 0 Å². The molecule has 0 bridgehead atoms.